The van der Waals surface area contributed by atoms with Crippen LogP contribution in [0, 0.1) is 41.4 Å². The number of esters is 1. The van der Waals surface area contributed by atoms with E-state index in [1.165, 1.54) is 93.5 Å². The summed E-state index contributed by atoms with van der Waals surface area (Å²) in [5.74, 6) is -7.87. The van der Waals surface area contributed by atoms with E-state index in [2.05, 4.69) is 17.4 Å². The Balaban J connectivity index is 0.000000377. The summed E-state index contributed by atoms with van der Waals surface area (Å²) in [4.78, 5) is 99.3. The number of carbonyl (C=O) groups excluding carboxylic acids is 6. The predicted molar refractivity (Wildman–Crippen MR) is 390 cm³/mol. The summed E-state index contributed by atoms with van der Waals surface area (Å²) in [7, 11) is 4.52. The lowest BCUT2D eigenvalue weighted by Crippen LogP contribution is -2.61. The number of amides is 3. The number of Topliss-reactive ketones (excluding diaryl/α,β-unsaturated/α-hetero) is 3. The fourth-order valence-electron chi connectivity index (χ4n) is 15.5. The minimum Gasteiger partial charge on any atom is -0.480 e. The number of carboxylic acids is 1. The molecule has 19 nitrogen and oxygen atoms in total. The molecule has 1 aromatic carbocycles. The molecular formula is C80H125N3O16S. The van der Waals surface area contributed by atoms with Crippen molar-refractivity contribution >= 4 is 53.0 Å². The molecule has 3 heterocycles. The van der Waals surface area contributed by atoms with Gasteiger partial charge in [-0.15, -0.1) is 11.8 Å². The minimum atomic E-state index is -2.43. The molecule has 20 heteroatoms. The average molecular weight is 1420 g/mol. The van der Waals surface area contributed by atoms with E-state index < -0.39 is 94.6 Å². The van der Waals surface area contributed by atoms with Gasteiger partial charge < -0.3 is 59.2 Å². The standard InChI is InChI=1S/C51H79NO13.C29H46N2O3S/c1-30-16-12-11-13-17-31(2)42(61-8)28-38-21-19-36(7)51(60,65-38)48(57)49(58)52-23-15-14-18-39(52)50(59)64-43(33(4)26-37-20-22-40(53)44(27-37)62-9)29-41(54)32(3)25-35(6)46(56)47(63-10)45(55)34(5)24-30;1-29(2,27(32)33)35-26-18-16-24(17-19-26)20-22-31(28(34)30-25-14-7-4-8-15-25)21-10-9-13-23-11-5-3-6-12-23/h11-13,16-17,25,30,32-34,36-40,42-44,46-47,53,56,60H,14-15,18-24,26-29H2,1-10H3;16-19,23,25H,3-15,20-22H2,1-2H3,(H,30,34)(H,32,33)/b13-11+,16-12+,31-17+,35-25+;/t30-,32-,33-,34-,36-,37+,38+,39+,40-,42+,43+,44-,46-,47+,51-;/m1./s1. The molecule has 3 amide bonds. The molecule has 3 aliphatic carbocycles. The van der Waals surface area contributed by atoms with Crippen molar-refractivity contribution in [1.82, 2.24) is 15.1 Å². The Morgan fingerprint density at radius 3 is 2.11 bits per heavy atom. The van der Waals surface area contributed by atoms with E-state index in [0.717, 1.165) is 61.6 Å². The highest BCUT2D eigenvalue weighted by atomic mass is 32.2. The highest BCUT2D eigenvalue weighted by Crippen LogP contribution is 2.39. The molecule has 0 aromatic heterocycles. The van der Waals surface area contributed by atoms with E-state index in [1.807, 2.05) is 75.1 Å². The second kappa shape index (κ2) is 41.4. The van der Waals surface area contributed by atoms with Crippen molar-refractivity contribution in [2.45, 2.75) is 299 Å². The molecule has 15 atom stereocenters. The van der Waals surface area contributed by atoms with Gasteiger partial charge in [-0.3, -0.25) is 24.0 Å². The zero-order chi connectivity index (χ0) is 73.3. The van der Waals surface area contributed by atoms with Gasteiger partial charge in [0.1, 0.15) is 34.9 Å². The first kappa shape index (κ1) is 83.9. The van der Waals surface area contributed by atoms with Crippen LogP contribution in [-0.4, -0.2) is 178 Å². The summed E-state index contributed by atoms with van der Waals surface area (Å²) in [5.41, 5.74) is 2.45. The summed E-state index contributed by atoms with van der Waals surface area (Å²) in [6, 6.07) is 7.43. The quantitative estimate of drug-likeness (QED) is 0.0301. The summed E-state index contributed by atoms with van der Waals surface area (Å²) in [6.45, 7) is 17.7. The number of urea groups is 1. The molecule has 2 bridgehead atoms. The van der Waals surface area contributed by atoms with Crippen LogP contribution in [0.5, 0.6) is 0 Å². The highest BCUT2D eigenvalue weighted by Gasteiger charge is 2.53. The first-order valence-electron chi connectivity index (χ1n) is 37.8. The summed E-state index contributed by atoms with van der Waals surface area (Å²) >= 11 is 1.36. The molecule has 100 heavy (non-hydrogen) atoms. The number of benzene rings is 1. The zero-order valence-corrected chi connectivity index (χ0v) is 63.3. The number of fused-ring (bicyclic) bond motifs is 3. The molecule has 0 spiro atoms. The summed E-state index contributed by atoms with van der Waals surface area (Å²) in [6.07, 6.45) is 28.5. The Kier molecular flexibility index (Phi) is 34.8. The number of aliphatic hydroxyl groups excluding tert-OH is 2. The van der Waals surface area contributed by atoms with Crippen LogP contribution in [0.4, 0.5) is 4.79 Å². The van der Waals surface area contributed by atoms with Gasteiger partial charge in [0.05, 0.1) is 24.4 Å². The normalized spacial score (nSPS) is 32.5. The third kappa shape index (κ3) is 25.4. The van der Waals surface area contributed by atoms with Gasteiger partial charge in [0, 0.05) is 82.5 Å². The number of cyclic esters (lactones) is 1. The van der Waals surface area contributed by atoms with Gasteiger partial charge in [-0.05, 0) is 170 Å². The lowest BCUT2D eigenvalue weighted by molar-refractivity contribution is -0.265. The number of ketones is 3. The van der Waals surface area contributed by atoms with E-state index in [0.29, 0.717) is 69.4 Å². The van der Waals surface area contributed by atoms with Crippen LogP contribution in [0.2, 0.25) is 0 Å². The van der Waals surface area contributed by atoms with Crippen LogP contribution in [0.1, 0.15) is 228 Å². The van der Waals surface area contributed by atoms with Gasteiger partial charge >= 0.3 is 18.0 Å². The Bertz CT molecular complexity index is 2900. The fourth-order valence-corrected chi connectivity index (χ4v) is 16.4. The fraction of sp³-hybridized carbons (Fsp3) is 0.738. The van der Waals surface area contributed by atoms with Crippen LogP contribution in [-0.2, 0) is 58.9 Å². The average Bonchev–Trinajstić information content (AvgIpc) is 0.777. The number of nitrogens with zero attached hydrogens (tertiary/aromatic N) is 2. The molecule has 0 unspecified atom stereocenters. The molecule has 2 saturated heterocycles. The Labute approximate surface area is 602 Å². The first-order chi connectivity index (χ1) is 47.6. The molecule has 3 aliphatic heterocycles. The summed E-state index contributed by atoms with van der Waals surface area (Å²) < 4.78 is 28.5. The Morgan fingerprint density at radius 1 is 0.770 bits per heavy atom. The molecule has 6 aliphatic rings. The van der Waals surface area contributed by atoms with Crippen molar-refractivity contribution in [3.05, 3.63) is 77.4 Å². The van der Waals surface area contributed by atoms with E-state index in [4.69, 9.17) is 23.7 Å². The molecule has 5 fully saturated rings. The number of ether oxygens (including phenoxy) is 5. The van der Waals surface area contributed by atoms with Crippen molar-refractivity contribution in [3.63, 3.8) is 0 Å². The van der Waals surface area contributed by atoms with Gasteiger partial charge in [-0.2, -0.15) is 0 Å². The third-order valence-electron chi connectivity index (χ3n) is 22.2. The third-order valence-corrected chi connectivity index (χ3v) is 23.4. The zero-order valence-electron chi connectivity index (χ0n) is 62.5. The minimum absolute atomic E-state index is 0.0193. The van der Waals surface area contributed by atoms with Crippen LogP contribution in [0.25, 0.3) is 0 Å². The number of aliphatic hydroxyl groups is 3. The number of aliphatic carboxylic acids is 1. The molecule has 5 N–H and O–H groups in total. The maximum absolute atomic E-state index is 14.4. The number of unbranched alkanes of at least 4 members (excludes halogenated alkanes) is 1. The van der Waals surface area contributed by atoms with Crippen molar-refractivity contribution in [1.29, 1.82) is 0 Å². The van der Waals surface area contributed by atoms with Crippen LogP contribution in [0.15, 0.2) is 76.8 Å². The molecule has 1 aromatic rings. The van der Waals surface area contributed by atoms with Gasteiger partial charge in [0.15, 0.2) is 5.78 Å². The van der Waals surface area contributed by atoms with Crippen molar-refractivity contribution in [3.8, 4) is 0 Å². The van der Waals surface area contributed by atoms with Crippen LogP contribution < -0.4 is 5.32 Å². The van der Waals surface area contributed by atoms with E-state index >= 15 is 0 Å². The Morgan fingerprint density at radius 2 is 1.45 bits per heavy atom. The van der Waals surface area contributed by atoms with Gasteiger partial charge in [-0.25, -0.2) is 9.59 Å². The maximum Gasteiger partial charge on any atom is 0.329 e. The SMILES string of the molecule is CC(C)(Sc1ccc(CCN(CCCCC2CCCCC2)C(=O)NC2CCCCC2)cc1)C(=O)O.CO[C@H]1C[C@@H]2CC[C@@H](C)[C@@](O)(O2)C(=O)C(=O)N2CCCC[C@H]2C(=O)O[C@H]([C@H](C)C[C@@H]2CC[C@@H](O)[C@H](OC)C2)CC(=O)[C@H](C)/C=C(\C)[C@@H](O)[C@@H](OC)C(=O)[C@H](C)C[C@H](C)/C=C/C=C/C=C/1C. The number of methoxy groups -OCH3 is 3. The summed E-state index contributed by atoms with van der Waals surface area (Å²) in [5, 5.41) is 46.5. The number of hydrogen-bond acceptors (Lipinski definition) is 16. The number of nitrogens with one attached hydrogen (secondary N) is 1. The van der Waals surface area contributed by atoms with Crippen LogP contribution in [0.3, 0.4) is 0 Å². The van der Waals surface area contributed by atoms with Gasteiger partial charge in [0.25, 0.3) is 11.7 Å². The largest absolute Gasteiger partial charge is 0.480 e. The van der Waals surface area contributed by atoms with E-state index in [1.54, 1.807) is 54.9 Å². The van der Waals surface area contributed by atoms with Crippen molar-refractivity contribution < 1.29 is 77.7 Å². The predicted octanol–water partition coefficient (Wildman–Crippen LogP) is 13.5. The number of allylic oxidation sites excluding steroid dienone is 6. The number of carbonyl (C=O) groups is 7. The monoisotopic (exact) mass is 1420 g/mol. The molecule has 7 rings (SSSR count). The highest BCUT2D eigenvalue weighted by molar-refractivity contribution is 8.01. The maximum atomic E-state index is 14.4. The lowest BCUT2D eigenvalue weighted by Gasteiger charge is -2.42. The number of rotatable bonds is 18. The molecule has 562 valence electrons. The van der Waals surface area contributed by atoms with Crippen LogP contribution >= 0.6 is 11.8 Å². The van der Waals surface area contributed by atoms with Crippen molar-refractivity contribution in [2.24, 2.45) is 41.4 Å². The van der Waals surface area contributed by atoms with E-state index in [9.17, 15) is 54.0 Å². The second-order valence-electron chi connectivity index (χ2n) is 30.7. The van der Waals surface area contributed by atoms with Gasteiger partial charge in [0.2, 0.25) is 5.79 Å². The van der Waals surface area contributed by atoms with Gasteiger partial charge in [-0.1, -0.05) is 147 Å². The van der Waals surface area contributed by atoms with Crippen molar-refractivity contribution in [2.75, 3.05) is 41.0 Å². The topological polar surface area (TPSA) is 265 Å². The lowest BCUT2D eigenvalue weighted by atomic mass is 9.78. The second-order valence-corrected chi connectivity index (χ2v) is 32.4. The smallest absolute Gasteiger partial charge is 0.329 e. The number of hydrogen-bond donors (Lipinski definition) is 5. The Hall–Kier alpha value is -5.06. The molecule has 3 saturated carbocycles. The molecule has 0 radical (unpaired) electrons. The molecular weight excluding hydrogens is 1290 g/mol. The number of piperidine rings is 1. The number of carboxylic acid groups (broad SMARTS) is 1. The number of thioether (sulfide) groups is 1. The van der Waals surface area contributed by atoms with E-state index in [-0.39, 0.29) is 60.8 Å². The first-order valence-corrected chi connectivity index (χ1v) is 38.6.